The SMILES string of the molecule is C[B]c1cnc(C)[nH]1. The van der Waals surface area contributed by atoms with Crippen molar-refractivity contribution >= 4 is 12.9 Å². The Balaban J connectivity index is 2.84. The van der Waals surface area contributed by atoms with Crippen molar-refractivity contribution in [2.45, 2.75) is 13.7 Å². The molecule has 1 N–H and O–H groups in total. The molecule has 0 amide bonds. The summed E-state index contributed by atoms with van der Waals surface area (Å²) in [4.78, 5) is 7.06. The van der Waals surface area contributed by atoms with Crippen LogP contribution in [0, 0.1) is 6.92 Å². The first-order valence-electron chi connectivity index (χ1n) is 2.64. The molecule has 0 spiro atoms. The van der Waals surface area contributed by atoms with Crippen molar-refractivity contribution in [2.24, 2.45) is 0 Å². The highest BCUT2D eigenvalue weighted by molar-refractivity contribution is 6.50. The van der Waals surface area contributed by atoms with Gasteiger partial charge in [0.15, 0.2) is 7.28 Å². The second kappa shape index (κ2) is 2.03. The summed E-state index contributed by atoms with van der Waals surface area (Å²) in [7, 11) is 1.99. The van der Waals surface area contributed by atoms with E-state index in [4.69, 9.17) is 0 Å². The molecule has 0 aromatic carbocycles. The first kappa shape index (κ1) is 5.41. The van der Waals surface area contributed by atoms with Gasteiger partial charge >= 0.3 is 0 Å². The molecule has 1 aromatic heterocycles. The first-order chi connectivity index (χ1) is 3.83. The van der Waals surface area contributed by atoms with E-state index in [1.54, 1.807) is 0 Å². The maximum absolute atomic E-state index is 4.00. The number of aryl methyl sites for hydroxylation is 1. The van der Waals surface area contributed by atoms with Crippen LogP contribution in [0.4, 0.5) is 0 Å². The Kier molecular flexibility index (Phi) is 1.37. The molecule has 1 heterocycles. The smallest absolute Gasteiger partial charge is 0.173 e. The minimum atomic E-state index is 0.970. The molecule has 1 rings (SSSR count). The molecule has 0 unspecified atom stereocenters. The predicted molar refractivity (Wildman–Crippen MR) is 34.6 cm³/mol. The fourth-order valence-corrected chi connectivity index (χ4v) is 0.587. The number of aromatic nitrogens is 2. The minimum Gasteiger partial charge on any atom is -0.355 e. The average molecular weight is 107 g/mol. The van der Waals surface area contributed by atoms with Gasteiger partial charge < -0.3 is 4.98 Å². The average Bonchev–Trinajstić information content (AvgIpc) is 2.14. The Morgan fingerprint density at radius 2 is 2.50 bits per heavy atom. The van der Waals surface area contributed by atoms with E-state index < -0.39 is 0 Å². The summed E-state index contributed by atoms with van der Waals surface area (Å²) in [6.45, 7) is 3.92. The number of imidazole rings is 1. The van der Waals surface area contributed by atoms with Gasteiger partial charge in [0.1, 0.15) is 5.82 Å². The lowest BCUT2D eigenvalue weighted by atomic mass is 9.79. The predicted octanol–water partition coefficient (Wildman–Crippen LogP) is 0.0957. The number of rotatable bonds is 1. The van der Waals surface area contributed by atoms with Crippen LogP contribution in [0.2, 0.25) is 6.82 Å². The van der Waals surface area contributed by atoms with Crippen LogP contribution in [-0.4, -0.2) is 17.2 Å². The number of H-pyrrole nitrogens is 1. The summed E-state index contributed by atoms with van der Waals surface area (Å²) in [6.07, 6.45) is 1.81. The maximum atomic E-state index is 4.00. The molecule has 1 aromatic rings. The fraction of sp³-hybridized carbons (Fsp3) is 0.400. The molecule has 0 aliphatic heterocycles. The van der Waals surface area contributed by atoms with Crippen LogP contribution < -0.4 is 5.59 Å². The molecule has 0 atom stereocenters. The molecule has 0 aliphatic carbocycles. The highest BCUT2D eigenvalue weighted by Gasteiger charge is 1.90. The zero-order valence-corrected chi connectivity index (χ0v) is 5.10. The molecular formula is C5H8BN2. The summed E-state index contributed by atoms with van der Waals surface area (Å²) >= 11 is 0. The third-order valence-electron chi connectivity index (χ3n) is 1.03. The van der Waals surface area contributed by atoms with E-state index in [1.165, 1.54) is 0 Å². The Morgan fingerprint density at radius 1 is 1.75 bits per heavy atom. The zero-order chi connectivity index (χ0) is 5.98. The summed E-state index contributed by atoms with van der Waals surface area (Å²) in [6, 6.07) is 0. The van der Waals surface area contributed by atoms with Gasteiger partial charge in [-0.25, -0.2) is 4.98 Å². The molecular weight excluding hydrogens is 98.9 g/mol. The van der Waals surface area contributed by atoms with Crippen LogP contribution in [0.25, 0.3) is 0 Å². The zero-order valence-electron chi connectivity index (χ0n) is 5.10. The van der Waals surface area contributed by atoms with Crippen molar-refractivity contribution in [3.8, 4) is 0 Å². The highest BCUT2D eigenvalue weighted by Crippen LogP contribution is 1.78. The molecule has 1 radical (unpaired) electrons. The number of nitrogens with zero attached hydrogens (tertiary/aromatic N) is 1. The van der Waals surface area contributed by atoms with Gasteiger partial charge in [0.2, 0.25) is 0 Å². The molecule has 0 aliphatic rings. The third kappa shape index (κ3) is 0.913. The van der Waals surface area contributed by atoms with Crippen molar-refractivity contribution < 1.29 is 0 Å². The number of aromatic amines is 1. The number of nitrogens with one attached hydrogen (secondary N) is 1. The van der Waals surface area contributed by atoms with Crippen molar-refractivity contribution in [1.29, 1.82) is 0 Å². The molecule has 3 heteroatoms. The molecule has 41 valence electrons. The summed E-state index contributed by atoms with van der Waals surface area (Å²) < 4.78 is 0. The van der Waals surface area contributed by atoms with E-state index in [9.17, 15) is 0 Å². The molecule has 2 nitrogen and oxygen atoms in total. The molecule has 8 heavy (non-hydrogen) atoms. The normalized spacial score (nSPS) is 9.25. The van der Waals surface area contributed by atoms with Gasteiger partial charge in [-0.3, -0.25) is 0 Å². The molecule has 0 bridgehead atoms. The van der Waals surface area contributed by atoms with Gasteiger partial charge in [-0.1, -0.05) is 6.82 Å². The topological polar surface area (TPSA) is 28.7 Å². The van der Waals surface area contributed by atoms with Gasteiger partial charge in [0, 0.05) is 6.20 Å². The summed E-state index contributed by atoms with van der Waals surface area (Å²) in [5.41, 5.74) is 1.09. The lowest BCUT2D eigenvalue weighted by Gasteiger charge is -1.80. The Hall–Kier alpha value is -0.725. The van der Waals surface area contributed by atoms with Crippen LogP contribution in [0.15, 0.2) is 6.20 Å². The lowest BCUT2D eigenvalue weighted by Crippen LogP contribution is -2.10. The van der Waals surface area contributed by atoms with Gasteiger partial charge in [-0.2, -0.15) is 0 Å². The van der Waals surface area contributed by atoms with Crippen LogP contribution in [-0.2, 0) is 0 Å². The van der Waals surface area contributed by atoms with Gasteiger partial charge in [0.25, 0.3) is 0 Å². The molecule has 0 fully saturated rings. The Bertz CT molecular complexity index is 171. The molecule has 0 saturated carbocycles. The highest BCUT2D eigenvalue weighted by atomic mass is 14.9. The lowest BCUT2D eigenvalue weighted by molar-refractivity contribution is 1.16. The maximum Gasteiger partial charge on any atom is 0.173 e. The Labute approximate surface area is 49.6 Å². The van der Waals surface area contributed by atoms with Gasteiger partial charge in [-0.15, -0.1) is 0 Å². The van der Waals surface area contributed by atoms with Crippen molar-refractivity contribution in [3.05, 3.63) is 12.0 Å². The monoisotopic (exact) mass is 107 g/mol. The van der Waals surface area contributed by atoms with E-state index in [-0.39, 0.29) is 0 Å². The van der Waals surface area contributed by atoms with Crippen molar-refractivity contribution in [2.75, 3.05) is 0 Å². The Morgan fingerprint density at radius 3 is 2.75 bits per heavy atom. The van der Waals surface area contributed by atoms with Crippen LogP contribution in [0.3, 0.4) is 0 Å². The second-order valence-electron chi connectivity index (χ2n) is 1.71. The quantitative estimate of drug-likeness (QED) is 0.506. The standard InChI is InChI=1S/C5H8BN2/c1-4-7-3-5(6-2)8-4/h3H,1-2H3,(H,7,8). The van der Waals surface area contributed by atoms with Crippen LogP contribution in [0.5, 0.6) is 0 Å². The van der Waals surface area contributed by atoms with Crippen LogP contribution in [0.1, 0.15) is 5.82 Å². The van der Waals surface area contributed by atoms with E-state index in [2.05, 4.69) is 9.97 Å². The van der Waals surface area contributed by atoms with Gasteiger partial charge in [-0.05, 0) is 12.5 Å². The number of hydrogen-bond acceptors (Lipinski definition) is 1. The van der Waals surface area contributed by atoms with E-state index in [1.807, 2.05) is 27.2 Å². The van der Waals surface area contributed by atoms with Crippen molar-refractivity contribution in [3.63, 3.8) is 0 Å². The summed E-state index contributed by atoms with van der Waals surface area (Å²) in [5, 5.41) is 0. The van der Waals surface area contributed by atoms with E-state index >= 15 is 0 Å². The largest absolute Gasteiger partial charge is 0.355 e. The van der Waals surface area contributed by atoms with Crippen molar-refractivity contribution in [1.82, 2.24) is 9.97 Å². The minimum absolute atomic E-state index is 0.970. The second-order valence-corrected chi connectivity index (χ2v) is 1.71. The van der Waals surface area contributed by atoms with E-state index in [0.29, 0.717) is 0 Å². The number of hydrogen-bond donors (Lipinski definition) is 1. The van der Waals surface area contributed by atoms with E-state index in [0.717, 1.165) is 11.4 Å². The first-order valence-corrected chi connectivity index (χ1v) is 2.64. The van der Waals surface area contributed by atoms with Gasteiger partial charge in [0.05, 0.1) is 0 Å². The van der Waals surface area contributed by atoms with Crippen LogP contribution >= 0.6 is 0 Å². The third-order valence-corrected chi connectivity index (χ3v) is 1.03. The fourth-order valence-electron chi connectivity index (χ4n) is 0.587. The summed E-state index contributed by atoms with van der Waals surface area (Å²) in [5.74, 6) is 0.970. The molecule has 0 saturated heterocycles.